The zero-order valence-electron chi connectivity index (χ0n) is 29.7. The summed E-state index contributed by atoms with van der Waals surface area (Å²) in [6.45, 7) is 3.77. The van der Waals surface area contributed by atoms with Crippen molar-refractivity contribution in [1.82, 2.24) is 25.1 Å². The van der Waals surface area contributed by atoms with Gasteiger partial charge in [-0.05, 0) is 48.6 Å². The number of benzene rings is 2. The number of aliphatic hydroxyl groups is 3. The van der Waals surface area contributed by atoms with Crippen molar-refractivity contribution >= 4 is 18.0 Å². The molecule has 1 aliphatic heterocycles. The fourth-order valence-electron chi connectivity index (χ4n) is 5.82. The number of nitrogens with zero attached hydrogens (tertiary/aromatic N) is 2. The summed E-state index contributed by atoms with van der Waals surface area (Å²) in [5.41, 5.74) is -0.115. The molecule has 3 aromatic rings. The number of aliphatic carboxylic acids is 1. The van der Waals surface area contributed by atoms with Gasteiger partial charge in [0.15, 0.2) is 6.23 Å². The third kappa shape index (κ3) is 11.0. The van der Waals surface area contributed by atoms with Crippen molar-refractivity contribution in [3.8, 4) is 5.75 Å². The summed E-state index contributed by atoms with van der Waals surface area (Å²) in [6.07, 6.45) is -7.82. The van der Waals surface area contributed by atoms with Gasteiger partial charge in [0, 0.05) is 18.8 Å². The van der Waals surface area contributed by atoms with Crippen LogP contribution in [0.5, 0.6) is 5.75 Å². The third-order valence-electron chi connectivity index (χ3n) is 8.63. The number of carbonyl (C=O) groups excluding carboxylic acids is 2. The van der Waals surface area contributed by atoms with E-state index in [1.165, 1.54) is 7.11 Å². The van der Waals surface area contributed by atoms with Crippen LogP contribution in [0.1, 0.15) is 44.0 Å². The molecule has 53 heavy (non-hydrogen) atoms. The Bertz CT molecular complexity index is 1780. The van der Waals surface area contributed by atoms with E-state index >= 15 is 0 Å². The van der Waals surface area contributed by atoms with Crippen molar-refractivity contribution in [1.29, 1.82) is 0 Å². The normalized spacial score (nSPS) is 20.0. The molecule has 1 unspecified atom stereocenters. The van der Waals surface area contributed by atoms with E-state index in [-0.39, 0.29) is 38.6 Å². The monoisotopic (exact) mass is 741 g/mol. The van der Waals surface area contributed by atoms with E-state index in [2.05, 4.69) is 16.0 Å². The Morgan fingerprint density at radius 1 is 0.943 bits per heavy atom. The number of hydrogen-bond acceptors (Lipinski definition) is 12. The van der Waals surface area contributed by atoms with Gasteiger partial charge in [0.1, 0.15) is 48.9 Å². The molecule has 4 rings (SSSR count). The van der Waals surface area contributed by atoms with Crippen LogP contribution in [0.2, 0.25) is 0 Å². The topological polar surface area (TPSA) is 240 Å². The number of aromatic nitrogens is 2. The Morgan fingerprint density at radius 2 is 1.64 bits per heavy atom. The molecule has 17 heteroatoms. The number of alkyl carbamates (subject to hydrolysis) is 1. The lowest BCUT2D eigenvalue weighted by atomic mass is 9.99. The van der Waals surface area contributed by atoms with Gasteiger partial charge in [0.2, 0.25) is 5.91 Å². The average molecular weight is 742 g/mol. The molecule has 7 N–H and O–H groups in total. The van der Waals surface area contributed by atoms with Crippen molar-refractivity contribution in [3.05, 3.63) is 98.8 Å². The largest absolute Gasteiger partial charge is 0.497 e. The summed E-state index contributed by atoms with van der Waals surface area (Å²) < 4.78 is 17.8. The molecule has 2 heterocycles. The number of methoxy groups -OCH3 is 1. The Hall–Kier alpha value is -5.07. The van der Waals surface area contributed by atoms with Crippen LogP contribution in [0.4, 0.5) is 4.79 Å². The van der Waals surface area contributed by atoms with Crippen LogP contribution in [-0.4, -0.2) is 104 Å². The highest BCUT2D eigenvalue weighted by Gasteiger charge is 2.50. The molecular formula is C36H47N5O12. The molecule has 7 atom stereocenters. The van der Waals surface area contributed by atoms with Crippen molar-refractivity contribution < 1.29 is 49.0 Å². The van der Waals surface area contributed by atoms with E-state index in [0.29, 0.717) is 17.7 Å². The molecule has 1 aliphatic rings. The predicted molar refractivity (Wildman–Crippen MR) is 189 cm³/mol. The van der Waals surface area contributed by atoms with Gasteiger partial charge in [-0.25, -0.2) is 9.59 Å². The highest BCUT2D eigenvalue weighted by Crippen LogP contribution is 2.31. The van der Waals surface area contributed by atoms with Crippen LogP contribution < -0.4 is 31.9 Å². The minimum atomic E-state index is -1.90. The second-order valence-corrected chi connectivity index (χ2v) is 13.0. The number of hydrogen-bond donors (Lipinski definition) is 7. The van der Waals surface area contributed by atoms with Crippen LogP contribution in [0, 0.1) is 5.92 Å². The first-order valence-electron chi connectivity index (χ1n) is 17.2. The lowest BCUT2D eigenvalue weighted by molar-refractivity contribution is -0.149. The molecular weight excluding hydrogens is 694 g/mol. The van der Waals surface area contributed by atoms with Crippen molar-refractivity contribution in [2.24, 2.45) is 5.92 Å². The molecule has 1 aromatic heterocycles. The number of amides is 2. The second-order valence-electron chi connectivity index (χ2n) is 13.0. The van der Waals surface area contributed by atoms with Gasteiger partial charge in [-0.15, -0.1) is 0 Å². The number of nitrogens with one attached hydrogen (secondary N) is 3. The molecule has 288 valence electrons. The maximum atomic E-state index is 13.4. The molecule has 1 saturated heterocycles. The molecule has 0 spiro atoms. The quantitative estimate of drug-likeness (QED) is 0.0847. The molecule has 1 fully saturated rings. The van der Waals surface area contributed by atoms with Crippen LogP contribution >= 0.6 is 0 Å². The van der Waals surface area contributed by atoms with E-state index in [1.807, 2.05) is 32.0 Å². The predicted octanol–water partition coefficient (Wildman–Crippen LogP) is -0.0628. The van der Waals surface area contributed by atoms with Crippen molar-refractivity contribution in [2.75, 3.05) is 20.2 Å². The van der Waals surface area contributed by atoms with Crippen LogP contribution in [0.3, 0.4) is 0 Å². The molecule has 2 aromatic carbocycles. The highest BCUT2D eigenvalue weighted by molar-refractivity contribution is 5.85. The van der Waals surface area contributed by atoms with Crippen LogP contribution in [0.15, 0.2) is 76.4 Å². The number of carbonyl (C=O) groups is 3. The smallest absolute Gasteiger partial charge is 0.408 e. The minimum Gasteiger partial charge on any atom is -0.497 e. The van der Waals surface area contributed by atoms with E-state index in [4.69, 9.17) is 14.2 Å². The number of aliphatic hydroxyl groups excluding tert-OH is 3. The summed E-state index contributed by atoms with van der Waals surface area (Å²) in [5.74, 6) is -1.31. The van der Waals surface area contributed by atoms with Gasteiger partial charge >= 0.3 is 17.8 Å². The van der Waals surface area contributed by atoms with Crippen molar-refractivity contribution in [2.45, 2.75) is 82.6 Å². The van der Waals surface area contributed by atoms with E-state index in [1.54, 1.807) is 36.4 Å². The van der Waals surface area contributed by atoms with Gasteiger partial charge in [-0.3, -0.25) is 23.5 Å². The fourth-order valence-corrected chi connectivity index (χ4v) is 5.82. The number of carboxylic acid groups (broad SMARTS) is 1. The first-order valence-corrected chi connectivity index (χ1v) is 17.2. The van der Waals surface area contributed by atoms with Crippen molar-refractivity contribution in [3.63, 3.8) is 0 Å². The third-order valence-corrected chi connectivity index (χ3v) is 8.63. The first-order chi connectivity index (χ1) is 25.3. The Balaban J connectivity index is 1.32. The second kappa shape index (κ2) is 19.1. The average Bonchev–Trinajstić information content (AvgIpc) is 3.43. The van der Waals surface area contributed by atoms with Crippen LogP contribution in [0.25, 0.3) is 0 Å². The zero-order chi connectivity index (χ0) is 38.7. The zero-order valence-corrected chi connectivity index (χ0v) is 29.7. The highest BCUT2D eigenvalue weighted by atomic mass is 16.6. The molecule has 2 amide bonds. The lowest BCUT2D eigenvalue weighted by Crippen LogP contribution is -2.54. The fraction of sp³-hybridized carbons (Fsp3) is 0.472. The summed E-state index contributed by atoms with van der Waals surface area (Å²) >= 11 is 0. The van der Waals surface area contributed by atoms with Crippen LogP contribution in [-0.2, 0) is 32.2 Å². The summed E-state index contributed by atoms with van der Waals surface area (Å²) in [5, 5.41) is 50.5. The van der Waals surface area contributed by atoms with E-state index in [9.17, 15) is 44.4 Å². The van der Waals surface area contributed by atoms with Gasteiger partial charge in [-0.1, -0.05) is 56.3 Å². The Labute approximate surface area is 305 Å². The van der Waals surface area contributed by atoms with Gasteiger partial charge in [0.25, 0.3) is 5.56 Å². The van der Waals surface area contributed by atoms with Gasteiger partial charge < -0.3 is 50.6 Å². The Morgan fingerprint density at radius 3 is 2.28 bits per heavy atom. The van der Waals surface area contributed by atoms with Gasteiger partial charge in [-0.2, -0.15) is 0 Å². The number of ether oxygens (including phenoxy) is 3. The summed E-state index contributed by atoms with van der Waals surface area (Å²) in [4.78, 5) is 63.4. The maximum Gasteiger partial charge on any atom is 0.408 e. The van der Waals surface area contributed by atoms with E-state index in [0.717, 1.165) is 27.0 Å². The summed E-state index contributed by atoms with van der Waals surface area (Å²) in [6, 6.07) is 14.2. The molecule has 0 saturated carbocycles. The van der Waals surface area contributed by atoms with E-state index < -0.39 is 71.9 Å². The minimum absolute atomic E-state index is 0.0136. The molecule has 17 nitrogen and oxygen atoms in total. The maximum absolute atomic E-state index is 13.4. The molecule has 0 bridgehead atoms. The van der Waals surface area contributed by atoms with Gasteiger partial charge in [0.05, 0.1) is 13.7 Å². The standard InChI is InChI=1S/C36H47N5O12/c1-21(2)18-25(39-35(49)52-20-23-8-5-4-6-9-23)32(46)38-16-7-15-37-27(34(47)48)28(43)31-29(44)30(45)33(53-31)40-17-14-26(42)41(36(40)50)19-22-10-12-24(51-3)13-11-22/h4-6,8-14,17,21,25,27-31,33,37,43-45H,7,15-16,18-20H2,1-3H3,(H,38,46)(H,39,49)(H,47,48)/t25-,27-,28?,29+,30+,31+,33+/m0/s1. The summed E-state index contributed by atoms with van der Waals surface area (Å²) in [7, 11) is 1.50. The molecule has 0 radical (unpaired) electrons. The number of carboxylic acids is 1. The first kappa shape index (κ1) is 40.7. The SMILES string of the molecule is COc1ccc(Cn2c(=O)ccn([C@@H]3O[C@H](C(O)[C@H](NCCCNC(=O)[C@H](CC(C)C)NC(=O)OCc4ccccc4)C(=O)O)[C@H](O)[C@H]3O)c2=O)cc1. The number of rotatable bonds is 18. The molecule has 0 aliphatic carbocycles. The lowest BCUT2D eigenvalue weighted by Gasteiger charge is -2.27. The Kier molecular flexibility index (Phi) is 14.7.